The highest BCUT2D eigenvalue weighted by molar-refractivity contribution is 5.72. The highest BCUT2D eigenvalue weighted by atomic mass is 19.4. The van der Waals surface area contributed by atoms with Gasteiger partial charge in [0.25, 0.3) is 0 Å². The molecule has 4 rings (SSSR count). The summed E-state index contributed by atoms with van der Waals surface area (Å²) in [5, 5.41) is 0. The van der Waals surface area contributed by atoms with E-state index in [9.17, 15) is 18.0 Å². The first-order valence-electron chi connectivity index (χ1n) is 10.2. The topological polar surface area (TPSA) is 44.1 Å². The number of aryl methyl sites for hydroxylation is 2. The lowest BCUT2D eigenvalue weighted by Gasteiger charge is -2.21. The van der Waals surface area contributed by atoms with E-state index in [-0.39, 0.29) is 11.9 Å². The van der Waals surface area contributed by atoms with Crippen molar-refractivity contribution in [3.05, 3.63) is 76.7 Å². The fourth-order valence-electron chi connectivity index (χ4n) is 3.79. The third kappa shape index (κ3) is 4.54. The molecule has 0 saturated carbocycles. The Labute approximate surface area is 184 Å². The van der Waals surface area contributed by atoms with Crippen molar-refractivity contribution >= 4 is 5.97 Å². The molecule has 0 bridgehead atoms. The number of imidazole rings is 1. The van der Waals surface area contributed by atoms with Crippen molar-refractivity contribution in [2.24, 2.45) is 5.92 Å². The van der Waals surface area contributed by atoms with Gasteiger partial charge in [-0.3, -0.25) is 4.79 Å². The second-order valence-corrected chi connectivity index (χ2v) is 7.81. The molecular formula is C25H21F3N2O2. The second-order valence-electron chi connectivity index (χ2n) is 7.81. The molecule has 7 heteroatoms. The molecule has 2 heterocycles. The van der Waals surface area contributed by atoms with Gasteiger partial charge < -0.3 is 9.30 Å². The SMILES string of the molecule is COC(=O)C1CCc2nc(-c3ccc(C#Cc4ccc(C(F)(F)F)cc4C)cc3)cn2C1. The number of hydrogen-bond acceptors (Lipinski definition) is 3. The molecule has 1 unspecified atom stereocenters. The van der Waals surface area contributed by atoms with Crippen molar-refractivity contribution < 1.29 is 22.7 Å². The van der Waals surface area contributed by atoms with Crippen molar-refractivity contribution in [3.63, 3.8) is 0 Å². The molecule has 4 nitrogen and oxygen atoms in total. The molecule has 0 aliphatic carbocycles. The molecule has 0 N–H and O–H groups in total. The maximum absolute atomic E-state index is 12.8. The summed E-state index contributed by atoms with van der Waals surface area (Å²) in [4.78, 5) is 16.5. The molecular weight excluding hydrogens is 417 g/mol. The molecule has 0 saturated heterocycles. The minimum atomic E-state index is -4.36. The first-order chi connectivity index (χ1) is 15.2. The molecule has 32 heavy (non-hydrogen) atoms. The lowest BCUT2D eigenvalue weighted by molar-refractivity contribution is -0.146. The summed E-state index contributed by atoms with van der Waals surface area (Å²) in [6.45, 7) is 2.18. The van der Waals surface area contributed by atoms with Crippen LogP contribution in [0.15, 0.2) is 48.7 Å². The monoisotopic (exact) mass is 438 g/mol. The average molecular weight is 438 g/mol. The minimum Gasteiger partial charge on any atom is -0.469 e. The normalized spacial score (nSPS) is 15.5. The summed E-state index contributed by atoms with van der Waals surface area (Å²) in [6.07, 6.45) is -0.980. The van der Waals surface area contributed by atoms with E-state index in [1.54, 1.807) is 6.92 Å². The fraction of sp³-hybridized carbons (Fsp3) is 0.280. The van der Waals surface area contributed by atoms with Crippen LogP contribution in [-0.4, -0.2) is 22.6 Å². The first kappa shape index (κ1) is 21.7. The molecule has 164 valence electrons. The summed E-state index contributed by atoms with van der Waals surface area (Å²) in [7, 11) is 1.40. The van der Waals surface area contributed by atoms with Crippen molar-refractivity contribution in [2.75, 3.05) is 7.11 Å². The van der Waals surface area contributed by atoms with Crippen LogP contribution in [0.2, 0.25) is 0 Å². The number of alkyl halides is 3. The van der Waals surface area contributed by atoms with Crippen LogP contribution in [0.5, 0.6) is 0 Å². The number of carbonyl (C=O) groups is 1. The average Bonchev–Trinajstić information content (AvgIpc) is 3.20. The summed E-state index contributed by atoms with van der Waals surface area (Å²) < 4.78 is 45.3. The Morgan fingerprint density at radius 1 is 1.16 bits per heavy atom. The predicted molar refractivity (Wildman–Crippen MR) is 114 cm³/mol. The van der Waals surface area contributed by atoms with Gasteiger partial charge in [-0.05, 0) is 49.2 Å². The van der Waals surface area contributed by atoms with E-state index in [0.29, 0.717) is 17.7 Å². The summed E-state index contributed by atoms with van der Waals surface area (Å²) in [6, 6.07) is 11.1. The van der Waals surface area contributed by atoms with E-state index in [0.717, 1.165) is 47.6 Å². The molecule has 0 radical (unpaired) electrons. The highest BCUT2D eigenvalue weighted by Gasteiger charge is 2.30. The lowest BCUT2D eigenvalue weighted by Crippen LogP contribution is -2.27. The second kappa shape index (κ2) is 8.54. The van der Waals surface area contributed by atoms with E-state index in [4.69, 9.17) is 4.74 Å². The Morgan fingerprint density at radius 2 is 1.91 bits per heavy atom. The Hall–Kier alpha value is -3.53. The molecule has 1 aromatic heterocycles. The number of ether oxygens (including phenoxy) is 1. The van der Waals surface area contributed by atoms with E-state index in [1.165, 1.54) is 13.2 Å². The maximum atomic E-state index is 12.8. The fourth-order valence-corrected chi connectivity index (χ4v) is 3.79. The van der Waals surface area contributed by atoms with Gasteiger partial charge >= 0.3 is 12.1 Å². The van der Waals surface area contributed by atoms with Gasteiger partial charge in [-0.2, -0.15) is 13.2 Å². The van der Waals surface area contributed by atoms with Gasteiger partial charge in [0.2, 0.25) is 0 Å². The van der Waals surface area contributed by atoms with Gasteiger partial charge in [-0.15, -0.1) is 0 Å². The molecule has 0 spiro atoms. The number of benzene rings is 2. The van der Waals surface area contributed by atoms with Crippen LogP contribution >= 0.6 is 0 Å². The van der Waals surface area contributed by atoms with Crippen LogP contribution in [0.25, 0.3) is 11.3 Å². The molecule has 2 aromatic carbocycles. The maximum Gasteiger partial charge on any atom is 0.416 e. The van der Waals surface area contributed by atoms with Crippen LogP contribution in [0, 0.1) is 24.7 Å². The number of rotatable bonds is 2. The predicted octanol–water partition coefficient (Wildman–Crippen LogP) is 5.01. The van der Waals surface area contributed by atoms with Crippen LogP contribution in [-0.2, 0) is 28.7 Å². The van der Waals surface area contributed by atoms with Gasteiger partial charge in [0.1, 0.15) is 5.82 Å². The smallest absolute Gasteiger partial charge is 0.416 e. The van der Waals surface area contributed by atoms with E-state index in [1.807, 2.05) is 35.0 Å². The molecule has 1 aliphatic rings. The molecule has 1 aliphatic heterocycles. The quantitative estimate of drug-likeness (QED) is 0.417. The highest BCUT2D eigenvalue weighted by Crippen LogP contribution is 2.30. The van der Waals surface area contributed by atoms with E-state index < -0.39 is 11.7 Å². The lowest BCUT2D eigenvalue weighted by atomic mass is 10.00. The van der Waals surface area contributed by atoms with Crippen molar-refractivity contribution in [1.29, 1.82) is 0 Å². The van der Waals surface area contributed by atoms with E-state index >= 15 is 0 Å². The first-order valence-corrected chi connectivity index (χ1v) is 10.2. The third-order valence-electron chi connectivity index (χ3n) is 5.60. The number of fused-ring (bicyclic) bond motifs is 1. The minimum absolute atomic E-state index is 0.152. The summed E-state index contributed by atoms with van der Waals surface area (Å²) >= 11 is 0. The van der Waals surface area contributed by atoms with Crippen LogP contribution in [0.4, 0.5) is 13.2 Å². The van der Waals surface area contributed by atoms with Gasteiger partial charge in [-0.1, -0.05) is 24.0 Å². The Bertz CT molecular complexity index is 1210. The number of methoxy groups -OCH3 is 1. The number of halogens is 3. The zero-order valence-corrected chi connectivity index (χ0v) is 17.7. The zero-order valence-electron chi connectivity index (χ0n) is 17.7. The summed E-state index contributed by atoms with van der Waals surface area (Å²) in [5.41, 5.74) is 2.87. The molecule has 1 atom stereocenters. The van der Waals surface area contributed by atoms with Gasteiger partial charge in [0, 0.05) is 35.9 Å². The number of carbonyl (C=O) groups excluding carboxylic acids is 1. The Morgan fingerprint density at radius 3 is 2.56 bits per heavy atom. The Balaban J connectivity index is 1.50. The van der Waals surface area contributed by atoms with Gasteiger partial charge in [0.15, 0.2) is 0 Å². The zero-order chi connectivity index (χ0) is 22.9. The number of esters is 1. The molecule has 0 fully saturated rings. The van der Waals surface area contributed by atoms with Gasteiger partial charge in [-0.25, -0.2) is 4.98 Å². The van der Waals surface area contributed by atoms with Crippen LogP contribution in [0.1, 0.15) is 34.5 Å². The van der Waals surface area contributed by atoms with Crippen molar-refractivity contribution in [3.8, 4) is 23.1 Å². The Kier molecular flexibility index (Phi) is 5.79. The van der Waals surface area contributed by atoms with Crippen molar-refractivity contribution in [1.82, 2.24) is 9.55 Å². The van der Waals surface area contributed by atoms with Gasteiger partial charge in [0.05, 0.1) is 24.3 Å². The summed E-state index contributed by atoms with van der Waals surface area (Å²) in [5.74, 6) is 6.55. The van der Waals surface area contributed by atoms with Crippen LogP contribution < -0.4 is 0 Å². The molecule has 0 amide bonds. The van der Waals surface area contributed by atoms with Crippen molar-refractivity contribution in [2.45, 2.75) is 32.5 Å². The third-order valence-corrected chi connectivity index (χ3v) is 5.60. The van der Waals surface area contributed by atoms with E-state index in [2.05, 4.69) is 16.8 Å². The standard InChI is InChI=1S/C25H21F3N2O2/c1-16-13-21(25(26,27)28)11-9-18(16)6-3-17-4-7-19(8-5-17)22-15-30-14-20(24(31)32-2)10-12-23(30)29-22/h4-5,7-9,11,13,15,20H,10,12,14H2,1-2H3. The van der Waals surface area contributed by atoms with Crippen LogP contribution in [0.3, 0.4) is 0 Å². The largest absolute Gasteiger partial charge is 0.469 e. The number of nitrogens with zero attached hydrogens (tertiary/aromatic N) is 2. The molecule has 3 aromatic rings. The number of hydrogen-bond donors (Lipinski definition) is 0. The number of aromatic nitrogens is 2.